The lowest BCUT2D eigenvalue weighted by molar-refractivity contribution is -0.136. The molecule has 0 unspecified atom stereocenters. The number of nitrogens with one attached hydrogen (secondary N) is 2. The van der Waals surface area contributed by atoms with Crippen LogP contribution in [-0.2, 0) is 29.0 Å². The summed E-state index contributed by atoms with van der Waals surface area (Å²) in [5.74, 6) is -1.89. The first-order chi connectivity index (χ1) is 15.1. The van der Waals surface area contributed by atoms with Crippen molar-refractivity contribution in [2.75, 3.05) is 23.3 Å². The summed E-state index contributed by atoms with van der Waals surface area (Å²) in [5, 5.41) is 5.06. The number of halogens is 1. The number of rotatable bonds is 5. The molecule has 0 aromatic heterocycles. The van der Waals surface area contributed by atoms with E-state index in [-0.39, 0.29) is 0 Å². The maximum absolute atomic E-state index is 12.9. The average Bonchev–Trinajstić information content (AvgIpc) is 2.80. The van der Waals surface area contributed by atoms with Gasteiger partial charge in [-0.25, -0.2) is 4.39 Å². The third-order valence-corrected chi connectivity index (χ3v) is 5.44. The zero-order valence-corrected chi connectivity index (χ0v) is 17.1. The Morgan fingerprint density at radius 3 is 2.32 bits per heavy atom. The number of fused-ring (bicyclic) bond motifs is 1. The monoisotopic (exact) mass is 417 g/mol. The zero-order chi connectivity index (χ0) is 21.6. The maximum atomic E-state index is 12.9. The van der Waals surface area contributed by atoms with Gasteiger partial charge in [-0.15, -0.1) is 0 Å². The molecule has 0 spiro atoms. The van der Waals surface area contributed by atoms with Crippen LogP contribution in [0.3, 0.4) is 0 Å². The van der Waals surface area contributed by atoms with Gasteiger partial charge in [0.15, 0.2) is 0 Å². The van der Waals surface area contributed by atoms with Crippen LogP contribution in [0.2, 0.25) is 0 Å². The highest BCUT2D eigenvalue weighted by Crippen LogP contribution is 2.24. The molecule has 0 radical (unpaired) electrons. The molecule has 2 N–H and O–H groups in total. The highest BCUT2D eigenvalue weighted by atomic mass is 19.1. The summed E-state index contributed by atoms with van der Waals surface area (Å²) < 4.78 is 12.9. The molecular formula is C25H24FN3O2. The number of amides is 2. The minimum atomic E-state index is -0.771. The predicted molar refractivity (Wildman–Crippen MR) is 119 cm³/mol. The van der Waals surface area contributed by atoms with Crippen molar-refractivity contribution in [2.24, 2.45) is 0 Å². The number of benzene rings is 3. The normalized spacial score (nSPS) is 12.7. The Balaban J connectivity index is 1.24. The number of hydrogen-bond acceptors (Lipinski definition) is 3. The van der Waals surface area contributed by atoms with E-state index in [2.05, 4.69) is 64.1 Å². The van der Waals surface area contributed by atoms with Crippen LogP contribution in [0.5, 0.6) is 0 Å². The molecule has 0 fully saturated rings. The van der Waals surface area contributed by atoms with Crippen molar-refractivity contribution in [3.63, 3.8) is 0 Å². The van der Waals surface area contributed by atoms with Crippen LogP contribution in [-0.4, -0.2) is 24.9 Å². The summed E-state index contributed by atoms with van der Waals surface area (Å²) in [6, 6.07) is 22.1. The van der Waals surface area contributed by atoms with Gasteiger partial charge < -0.3 is 15.5 Å². The molecule has 3 aromatic carbocycles. The van der Waals surface area contributed by atoms with E-state index >= 15 is 0 Å². The summed E-state index contributed by atoms with van der Waals surface area (Å²) in [6.45, 7) is 2.26. The molecule has 1 heterocycles. The van der Waals surface area contributed by atoms with E-state index in [1.165, 1.54) is 41.1 Å². The van der Waals surface area contributed by atoms with Crippen molar-refractivity contribution in [1.82, 2.24) is 5.32 Å². The second-order valence-electron chi connectivity index (χ2n) is 7.57. The van der Waals surface area contributed by atoms with Crippen molar-refractivity contribution in [3.8, 4) is 0 Å². The molecule has 1 aliphatic rings. The minimum Gasteiger partial charge on any atom is -0.367 e. The molecule has 0 saturated carbocycles. The molecule has 158 valence electrons. The van der Waals surface area contributed by atoms with Crippen molar-refractivity contribution >= 4 is 23.2 Å². The van der Waals surface area contributed by atoms with Crippen LogP contribution in [0.15, 0.2) is 72.8 Å². The Labute approximate surface area is 180 Å². The van der Waals surface area contributed by atoms with E-state index in [9.17, 15) is 14.0 Å². The van der Waals surface area contributed by atoms with Crippen molar-refractivity contribution in [2.45, 2.75) is 19.4 Å². The molecule has 0 saturated heterocycles. The summed E-state index contributed by atoms with van der Waals surface area (Å²) >= 11 is 0. The molecular weight excluding hydrogens is 393 g/mol. The number of nitrogens with zero attached hydrogens (tertiary/aromatic N) is 1. The molecule has 3 aromatic rings. The van der Waals surface area contributed by atoms with Crippen LogP contribution in [0.4, 0.5) is 15.8 Å². The zero-order valence-electron chi connectivity index (χ0n) is 17.1. The van der Waals surface area contributed by atoms with Gasteiger partial charge in [0.05, 0.1) is 0 Å². The lowest BCUT2D eigenvalue weighted by Gasteiger charge is -2.30. The molecule has 1 aliphatic heterocycles. The summed E-state index contributed by atoms with van der Waals surface area (Å²) in [7, 11) is 0. The molecule has 0 aliphatic carbocycles. The molecule has 0 bridgehead atoms. The molecule has 2 amide bonds. The third kappa shape index (κ3) is 5.28. The first-order valence-corrected chi connectivity index (χ1v) is 10.3. The SMILES string of the molecule is O=C(NCCc1ccc(N2CCc3ccccc3C2)cc1)C(=O)Nc1ccc(F)cc1. The van der Waals surface area contributed by atoms with E-state index in [1.807, 2.05) is 0 Å². The van der Waals surface area contributed by atoms with Gasteiger partial charge in [-0.3, -0.25) is 9.59 Å². The Hall–Kier alpha value is -3.67. The maximum Gasteiger partial charge on any atom is 0.313 e. The van der Waals surface area contributed by atoms with Gasteiger partial charge in [-0.1, -0.05) is 36.4 Å². The standard InChI is InChI=1S/C25H24FN3O2/c26-21-7-9-22(10-8-21)28-25(31)24(30)27-15-13-18-5-11-23(12-6-18)29-16-14-19-3-1-2-4-20(19)17-29/h1-12H,13-17H2,(H,27,30)(H,28,31). The van der Waals surface area contributed by atoms with Gasteiger partial charge in [-0.2, -0.15) is 0 Å². The number of anilines is 2. The fourth-order valence-corrected chi connectivity index (χ4v) is 3.71. The van der Waals surface area contributed by atoms with Crippen molar-refractivity contribution in [3.05, 3.63) is 95.3 Å². The number of hydrogen-bond donors (Lipinski definition) is 2. The van der Waals surface area contributed by atoms with Crippen LogP contribution in [0.1, 0.15) is 16.7 Å². The minimum absolute atomic E-state index is 0.353. The highest BCUT2D eigenvalue weighted by molar-refractivity contribution is 6.39. The summed E-state index contributed by atoms with van der Waals surface area (Å²) in [6.07, 6.45) is 1.67. The van der Waals surface area contributed by atoms with E-state index in [4.69, 9.17) is 0 Å². The smallest absolute Gasteiger partial charge is 0.313 e. The second-order valence-corrected chi connectivity index (χ2v) is 7.57. The van der Waals surface area contributed by atoms with Gasteiger partial charge in [0.1, 0.15) is 5.82 Å². The fraction of sp³-hybridized carbons (Fsp3) is 0.200. The predicted octanol–water partition coefficient (Wildman–Crippen LogP) is 3.69. The lowest BCUT2D eigenvalue weighted by Crippen LogP contribution is -2.36. The fourth-order valence-electron chi connectivity index (χ4n) is 3.71. The van der Waals surface area contributed by atoms with Crippen molar-refractivity contribution < 1.29 is 14.0 Å². The Morgan fingerprint density at radius 1 is 0.871 bits per heavy atom. The molecule has 6 heteroatoms. The number of carbonyl (C=O) groups excluding carboxylic acids is 2. The van der Waals surface area contributed by atoms with E-state index in [1.54, 1.807) is 0 Å². The van der Waals surface area contributed by atoms with Gasteiger partial charge in [0, 0.05) is 31.0 Å². The van der Waals surface area contributed by atoms with E-state index < -0.39 is 17.6 Å². The molecule has 31 heavy (non-hydrogen) atoms. The Kier molecular flexibility index (Phi) is 6.26. The molecule has 0 atom stereocenters. The van der Waals surface area contributed by atoms with Crippen LogP contribution < -0.4 is 15.5 Å². The van der Waals surface area contributed by atoms with Crippen LogP contribution >= 0.6 is 0 Å². The van der Waals surface area contributed by atoms with Crippen LogP contribution in [0, 0.1) is 5.82 Å². The quantitative estimate of drug-likeness (QED) is 0.623. The topological polar surface area (TPSA) is 61.4 Å². The van der Waals surface area contributed by atoms with Gasteiger partial charge in [-0.05, 0) is 65.9 Å². The van der Waals surface area contributed by atoms with Gasteiger partial charge in [0.2, 0.25) is 0 Å². The first-order valence-electron chi connectivity index (χ1n) is 10.3. The highest BCUT2D eigenvalue weighted by Gasteiger charge is 2.16. The second kappa shape index (κ2) is 9.43. The van der Waals surface area contributed by atoms with E-state index in [0.717, 1.165) is 25.1 Å². The van der Waals surface area contributed by atoms with Crippen LogP contribution in [0.25, 0.3) is 0 Å². The summed E-state index contributed by atoms with van der Waals surface area (Å²) in [5.41, 5.74) is 5.44. The largest absolute Gasteiger partial charge is 0.367 e. The van der Waals surface area contributed by atoms with Crippen molar-refractivity contribution in [1.29, 1.82) is 0 Å². The lowest BCUT2D eigenvalue weighted by atomic mass is 9.99. The van der Waals surface area contributed by atoms with Gasteiger partial charge in [0.25, 0.3) is 0 Å². The summed E-state index contributed by atoms with van der Waals surface area (Å²) in [4.78, 5) is 26.3. The van der Waals surface area contributed by atoms with E-state index in [0.29, 0.717) is 18.7 Å². The Bertz CT molecular complexity index is 1060. The number of carbonyl (C=O) groups is 2. The molecule has 4 rings (SSSR count). The molecule has 5 nitrogen and oxygen atoms in total. The first kappa shape index (κ1) is 20.6. The Morgan fingerprint density at radius 2 is 1.58 bits per heavy atom. The van der Waals surface area contributed by atoms with Gasteiger partial charge >= 0.3 is 11.8 Å². The average molecular weight is 417 g/mol. The third-order valence-electron chi connectivity index (χ3n) is 5.44.